The van der Waals surface area contributed by atoms with E-state index in [2.05, 4.69) is 133 Å². The van der Waals surface area contributed by atoms with E-state index < -0.39 is 0 Å². The molecule has 0 saturated heterocycles. The van der Waals surface area contributed by atoms with Crippen LogP contribution in [0.15, 0.2) is 133 Å². The smallest absolute Gasteiger partial charge is 0.135 e. The summed E-state index contributed by atoms with van der Waals surface area (Å²) in [6.07, 6.45) is 7.90. The molecule has 6 aromatic rings. The van der Waals surface area contributed by atoms with Crippen LogP contribution in [0.4, 0.5) is 0 Å². The lowest BCUT2D eigenvalue weighted by molar-refractivity contribution is -0.0281. The van der Waals surface area contributed by atoms with Gasteiger partial charge in [0, 0.05) is 10.8 Å². The van der Waals surface area contributed by atoms with Crippen LogP contribution in [0.25, 0.3) is 21.5 Å². The highest BCUT2D eigenvalue weighted by Crippen LogP contribution is 2.66. The van der Waals surface area contributed by atoms with Crippen molar-refractivity contribution in [3.05, 3.63) is 145 Å². The Hall–Kier alpha value is -4.56. The van der Waals surface area contributed by atoms with E-state index in [0.717, 1.165) is 45.6 Å². The highest BCUT2D eigenvalue weighted by molar-refractivity contribution is 5.89. The van der Waals surface area contributed by atoms with Gasteiger partial charge in [0.2, 0.25) is 0 Å². The highest BCUT2D eigenvalue weighted by Gasteiger charge is 2.58. The monoisotopic (exact) mass is 572 g/mol. The predicted octanol–water partition coefficient (Wildman–Crippen LogP) is 11.4. The molecule has 6 aromatic carbocycles. The third kappa shape index (κ3) is 4.31. The Bertz CT molecular complexity index is 1820. The summed E-state index contributed by atoms with van der Waals surface area (Å²) in [5.74, 6) is 5.25. The zero-order chi connectivity index (χ0) is 29.1. The fourth-order valence-electron chi connectivity index (χ4n) is 9.51. The van der Waals surface area contributed by atoms with E-state index in [9.17, 15) is 0 Å². The Morgan fingerprint density at radius 3 is 1.30 bits per heavy atom. The van der Waals surface area contributed by atoms with Gasteiger partial charge in [-0.25, -0.2) is 0 Å². The van der Waals surface area contributed by atoms with Crippen LogP contribution in [0.3, 0.4) is 0 Å². The largest absolute Gasteiger partial charge is 0.457 e. The second kappa shape index (κ2) is 9.99. The Morgan fingerprint density at radius 1 is 0.432 bits per heavy atom. The average Bonchev–Trinajstić information content (AvgIpc) is 3.05. The third-order valence-corrected chi connectivity index (χ3v) is 10.9. The number of rotatable bonds is 6. The van der Waals surface area contributed by atoms with Gasteiger partial charge in [0.15, 0.2) is 0 Å². The van der Waals surface area contributed by atoms with Crippen molar-refractivity contribution in [1.29, 1.82) is 0 Å². The van der Waals surface area contributed by atoms with Crippen molar-refractivity contribution >= 4 is 21.5 Å². The zero-order valence-corrected chi connectivity index (χ0v) is 24.9. The minimum Gasteiger partial charge on any atom is -0.457 e. The fraction of sp³-hybridized carbons (Fsp3) is 0.238. The Morgan fingerprint density at radius 2 is 0.841 bits per heavy atom. The molecule has 0 unspecified atom stereocenters. The van der Waals surface area contributed by atoms with Crippen LogP contribution in [-0.2, 0) is 10.8 Å². The molecule has 2 heteroatoms. The van der Waals surface area contributed by atoms with Gasteiger partial charge in [-0.2, -0.15) is 0 Å². The van der Waals surface area contributed by atoms with E-state index in [1.54, 1.807) is 0 Å². The molecule has 0 aromatic heterocycles. The van der Waals surface area contributed by atoms with E-state index in [0.29, 0.717) is 0 Å². The van der Waals surface area contributed by atoms with Gasteiger partial charge >= 0.3 is 0 Å². The standard InChI is InChI=1S/C42H36O2/c1-3-11-37-31(7-1)9-5-13-39(37)43-35-19-15-33(16-20-35)41-24-29-23-30(25-41)27-42(26-29,28-41)34-17-21-36(22-18-34)44-40-14-6-10-32-8-2-4-12-38(32)40/h1-22,29-30H,23-28H2. The molecule has 4 aliphatic carbocycles. The molecule has 0 atom stereocenters. The molecule has 10 rings (SSSR count). The first-order valence-corrected chi connectivity index (χ1v) is 16.2. The third-order valence-electron chi connectivity index (χ3n) is 10.9. The Labute approximate surface area is 259 Å². The number of benzene rings is 6. The van der Waals surface area contributed by atoms with Gasteiger partial charge in [-0.1, -0.05) is 97.1 Å². The van der Waals surface area contributed by atoms with E-state index in [-0.39, 0.29) is 10.8 Å². The summed E-state index contributed by atoms with van der Waals surface area (Å²) >= 11 is 0. The number of fused-ring (bicyclic) bond motifs is 2. The van der Waals surface area contributed by atoms with Crippen molar-refractivity contribution < 1.29 is 9.47 Å². The first kappa shape index (κ1) is 25.9. The maximum Gasteiger partial charge on any atom is 0.135 e. The SMILES string of the molecule is c1ccc2c(Oc3ccc(C45CC6CC(C4)CC(c4ccc(Oc7cccc8ccccc78)cc4)(C6)C5)cc3)cccc2c1. The molecule has 4 saturated carbocycles. The number of hydrogen-bond donors (Lipinski definition) is 0. The number of hydrogen-bond acceptors (Lipinski definition) is 2. The molecule has 4 bridgehead atoms. The van der Waals surface area contributed by atoms with Gasteiger partial charge < -0.3 is 9.47 Å². The summed E-state index contributed by atoms with van der Waals surface area (Å²) in [7, 11) is 0. The summed E-state index contributed by atoms with van der Waals surface area (Å²) in [6.45, 7) is 0. The van der Waals surface area contributed by atoms with Crippen LogP contribution in [0.2, 0.25) is 0 Å². The molecule has 0 radical (unpaired) electrons. The molecule has 0 amide bonds. The number of ether oxygens (including phenoxy) is 2. The minimum absolute atomic E-state index is 0.250. The van der Waals surface area contributed by atoms with Crippen LogP contribution in [0.1, 0.15) is 49.7 Å². The van der Waals surface area contributed by atoms with Crippen LogP contribution >= 0.6 is 0 Å². The topological polar surface area (TPSA) is 18.5 Å². The van der Waals surface area contributed by atoms with Crippen molar-refractivity contribution in [1.82, 2.24) is 0 Å². The first-order chi connectivity index (χ1) is 21.6. The molecule has 216 valence electrons. The normalized spacial score (nSPS) is 25.4. The van der Waals surface area contributed by atoms with Crippen molar-refractivity contribution in [2.45, 2.75) is 49.4 Å². The first-order valence-electron chi connectivity index (χ1n) is 16.2. The maximum atomic E-state index is 6.42. The minimum atomic E-state index is 0.250. The lowest BCUT2D eigenvalue weighted by atomic mass is 9.42. The molecule has 2 nitrogen and oxygen atoms in total. The van der Waals surface area contributed by atoms with Crippen molar-refractivity contribution in [3.63, 3.8) is 0 Å². The summed E-state index contributed by atoms with van der Waals surface area (Å²) in [5.41, 5.74) is 3.50. The van der Waals surface area contributed by atoms with Gasteiger partial charge in [0.05, 0.1) is 0 Å². The van der Waals surface area contributed by atoms with Gasteiger partial charge in [-0.15, -0.1) is 0 Å². The van der Waals surface area contributed by atoms with Crippen molar-refractivity contribution in [3.8, 4) is 23.0 Å². The quantitative estimate of drug-likeness (QED) is 0.198. The van der Waals surface area contributed by atoms with E-state index in [4.69, 9.17) is 9.47 Å². The molecule has 4 fully saturated rings. The molecule has 0 aliphatic heterocycles. The van der Waals surface area contributed by atoms with Gasteiger partial charge in [-0.3, -0.25) is 0 Å². The lowest BCUT2D eigenvalue weighted by Gasteiger charge is -2.62. The molecule has 44 heavy (non-hydrogen) atoms. The summed E-state index contributed by atoms with van der Waals surface area (Å²) in [4.78, 5) is 0. The Balaban J connectivity index is 0.981. The van der Waals surface area contributed by atoms with Crippen LogP contribution < -0.4 is 9.47 Å². The summed E-state index contributed by atoms with van der Waals surface area (Å²) in [5, 5.41) is 4.70. The second-order valence-corrected chi connectivity index (χ2v) is 13.7. The van der Waals surface area contributed by atoms with E-state index >= 15 is 0 Å². The average molecular weight is 573 g/mol. The highest BCUT2D eigenvalue weighted by atomic mass is 16.5. The van der Waals surface area contributed by atoms with Crippen LogP contribution in [0.5, 0.6) is 23.0 Å². The second-order valence-electron chi connectivity index (χ2n) is 13.7. The lowest BCUT2D eigenvalue weighted by Crippen LogP contribution is -2.55. The molecular weight excluding hydrogens is 536 g/mol. The molecule has 0 heterocycles. The van der Waals surface area contributed by atoms with Gasteiger partial charge in [-0.05, 0) is 119 Å². The van der Waals surface area contributed by atoms with Crippen molar-refractivity contribution in [2.75, 3.05) is 0 Å². The zero-order valence-electron chi connectivity index (χ0n) is 24.9. The molecule has 4 aliphatic rings. The molecule has 0 spiro atoms. The van der Waals surface area contributed by atoms with E-state index in [1.807, 2.05) is 0 Å². The van der Waals surface area contributed by atoms with Crippen molar-refractivity contribution in [2.24, 2.45) is 11.8 Å². The molecular formula is C42H36O2. The van der Waals surface area contributed by atoms with Gasteiger partial charge in [0.25, 0.3) is 0 Å². The summed E-state index contributed by atoms with van der Waals surface area (Å²) < 4.78 is 12.8. The van der Waals surface area contributed by atoms with Crippen LogP contribution in [0, 0.1) is 11.8 Å². The van der Waals surface area contributed by atoms with E-state index in [1.165, 1.54) is 60.4 Å². The fourth-order valence-corrected chi connectivity index (χ4v) is 9.51. The van der Waals surface area contributed by atoms with Crippen LogP contribution in [-0.4, -0.2) is 0 Å². The summed E-state index contributed by atoms with van der Waals surface area (Å²) in [6, 6.07) is 47.6. The molecule has 0 N–H and O–H groups in total. The predicted molar refractivity (Wildman–Crippen MR) is 179 cm³/mol. The van der Waals surface area contributed by atoms with Gasteiger partial charge in [0.1, 0.15) is 23.0 Å². The Kier molecular flexibility index (Phi) is 5.88. The maximum absolute atomic E-state index is 6.42.